The summed E-state index contributed by atoms with van der Waals surface area (Å²) in [7, 11) is 0. The van der Waals surface area contributed by atoms with Crippen LogP contribution < -0.4 is 0 Å². The molecule has 114 valence electrons. The Morgan fingerprint density at radius 3 is 2.45 bits per heavy atom. The number of nitrogens with zero attached hydrogens (tertiary/aromatic N) is 1. The van der Waals surface area contributed by atoms with Crippen molar-refractivity contribution in [2.24, 2.45) is 5.92 Å². The molecule has 1 aliphatic heterocycles. The smallest absolute Gasteiger partial charge is 0.0512 e. The van der Waals surface area contributed by atoms with Gasteiger partial charge in [-0.15, -0.1) is 0 Å². The Hall–Kier alpha value is -1.90. The van der Waals surface area contributed by atoms with Gasteiger partial charge in [-0.1, -0.05) is 66.2 Å². The van der Waals surface area contributed by atoms with Gasteiger partial charge in [0, 0.05) is 25.6 Å². The van der Waals surface area contributed by atoms with Gasteiger partial charge in [-0.25, -0.2) is 0 Å². The molecule has 1 atom stereocenters. The van der Waals surface area contributed by atoms with E-state index in [1.165, 1.54) is 22.3 Å². The lowest BCUT2D eigenvalue weighted by Crippen LogP contribution is -2.35. The summed E-state index contributed by atoms with van der Waals surface area (Å²) in [4.78, 5) is 2.40. The summed E-state index contributed by atoms with van der Waals surface area (Å²) < 4.78 is 0. The lowest BCUT2D eigenvalue weighted by Gasteiger charge is -2.32. The Morgan fingerprint density at radius 1 is 1.05 bits per heavy atom. The van der Waals surface area contributed by atoms with Crippen LogP contribution in [0.15, 0.2) is 60.7 Å². The van der Waals surface area contributed by atoms with Crippen LogP contribution in [-0.2, 0) is 6.54 Å². The van der Waals surface area contributed by atoms with Gasteiger partial charge in [0.1, 0.15) is 0 Å². The molecule has 2 aromatic carbocycles. The fourth-order valence-electron chi connectivity index (χ4n) is 3.11. The van der Waals surface area contributed by atoms with Crippen LogP contribution in [0.5, 0.6) is 0 Å². The van der Waals surface area contributed by atoms with Gasteiger partial charge in [-0.2, -0.15) is 0 Å². The molecular formula is C20H23NO. The number of hydrogen-bond acceptors (Lipinski definition) is 2. The molecule has 3 rings (SSSR count). The fraction of sp³-hybridized carbons (Fsp3) is 0.300. The van der Waals surface area contributed by atoms with Crippen LogP contribution in [-0.4, -0.2) is 29.7 Å². The van der Waals surface area contributed by atoms with Crippen LogP contribution in [0, 0.1) is 12.8 Å². The van der Waals surface area contributed by atoms with Crippen molar-refractivity contribution in [3.05, 3.63) is 77.4 Å². The van der Waals surface area contributed by atoms with Gasteiger partial charge >= 0.3 is 0 Å². The predicted octanol–water partition coefficient (Wildman–Crippen LogP) is 3.50. The molecule has 0 aromatic heterocycles. The number of aliphatic hydroxyl groups is 1. The van der Waals surface area contributed by atoms with E-state index in [9.17, 15) is 5.11 Å². The van der Waals surface area contributed by atoms with E-state index in [2.05, 4.69) is 66.4 Å². The van der Waals surface area contributed by atoms with Gasteiger partial charge in [0.15, 0.2) is 0 Å². The molecule has 2 nitrogen and oxygen atoms in total. The predicted molar refractivity (Wildman–Crippen MR) is 91.5 cm³/mol. The van der Waals surface area contributed by atoms with Gasteiger partial charge in [0.2, 0.25) is 0 Å². The van der Waals surface area contributed by atoms with Crippen LogP contribution in [0.25, 0.3) is 5.57 Å². The van der Waals surface area contributed by atoms with E-state index >= 15 is 0 Å². The van der Waals surface area contributed by atoms with Crippen molar-refractivity contribution >= 4 is 5.57 Å². The highest BCUT2D eigenvalue weighted by molar-refractivity contribution is 5.68. The Labute approximate surface area is 132 Å². The van der Waals surface area contributed by atoms with Crippen molar-refractivity contribution < 1.29 is 5.11 Å². The minimum atomic E-state index is 0.195. The fourth-order valence-corrected chi connectivity index (χ4v) is 3.11. The lowest BCUT2D eigenvalue weighted by atomic mass is 9.89. The molecular weight excluding hydrogens is 270 g/mol. The average Bonchev–Trinajstić information content (AvgIpc) is 2.56. The zero-order chi connectivity index (χ0) is 15.4. The molecule has 0 saturated carbocycles. The Morgan fingerprint density at radius 2 is 1.77 bits per heavy atom. The first-order chi connectivity index (χ1) is 10.8. The molecule has 1 unspecified atom stereocenters. The molecule has 0 saturated heterocycles. The summed E-state index contributed by atoms with van der Waals surface area (Å²) in [5, 5.41) is 9.79. The summed E-state index contributed by atoms with van der Waals surface area (Å²) >= 11 is 0. The highest BCUT2D eigenvalue weighted by Crippen LogP contribution is 2.28. The van der Waals surface area contributed by atoms with Gasteiger partial charge in [-0.3, -0.25) is 4.90 Å². The molecule has 0 spiro atoms. The molecule has 0 radical (unpaired) electrons. The maximum absolute atomic E-state index is 9.79. The second-order valence-corrected chi connectivity index (χ2v) is 6.08. The molecule has 0 amide bonds. The highest BCUT2D eigenvalue weighted by Gasteiger charge is 2.23. The van der Waals surface area contributed by atoms with Crippen molar-refractivity contribution in [2.75, 3.05) is 19.7 Å². The lowest BCUT2D eigenvalue weighted by molar-refractivity contribution is 0.189. The highest BCUT2D eigenvalue weighted by atomic mass is 16.3. The maximum atomic E-state index is 9.79. The van der Waals surface area contributed by atoms with E-state index in [1.54, 1.807) is 0 Å². The van der Waals surface area contributed by atoms with Gasteiger partial charge in [-0.05, 0) is 23.6 Å². The molecule has 1 heterocycles. The van der Waals surface area contributed by atoms with E-state index < -0.39 is 0 Å². The van der Waals surface area contributed by atoms with E-state index in [0.29, 0.717) is 0 Å². The van der Waals surface area contributed by atoms with E-state index in [-0.39, 0.29) is 12.5 Å². The Bertz CT molecular complexity index is 631. The molecule has 1 N–H and O–H groups in total. The number of rotatable bonds is 4. The van der Waals surface area contributed by atoms with Crippen molar-refractivity contribution in [3.8, 4) is 0 Å². The molecule has 2 aromatic rings. The Kier molecular flexibility index (Phi) is 4.71. The minimum absolute atomic E-state index is 0.195. The average molecular weight is 293 g/mol. The first kappa shape index (κ1) is 15.0. The number of aliphatic hydroxyl groups excluding tert-OH is 1. The monoisotopic (exact) mass is 293 g/mol. The first-order valence-corrected chi connectivity index (χ1v) is 7.90. The normalized spacial score (nSPS) is 19.0. The zero-order valence-corrected chi connectivity index (χ0v) is 13.1. The van der Waals surface area contributed by atoms with Crippen LogP contribution >= 0.6 is 0 Å². The number of hydrogen-bond donors (Lipinski definition) is 1. The van der Waals surface area contributed by atoms with E-state index in [0.717, 1.165) is 19.6 Å². The van der Waals surface area contributed by atoms with Crippen LogP contribution in [0.4, 0.5) is 0 Å². The van der Waals surface area contributed by atoms with Crippen molar-refractivity contribution in [1.82, 2.24) is 4.90 Å². The molecule has 0 aliphatic carbocycles. The van der Waals surface area contributed by atoms with Crippen molar-refractivity contribution in [1.29, 1.82) is 0 Å². The molecule has 1 aliphatic rings. The van der Waals surface area contributed by atoms with Crippen LogP contribution in [0.1, 0.15) is 16.7 Å². The van der Waals surface area contributed by atoms with Gasteiger partial charge in [0.05, 0.1) is 6.61 Å². The second kappa shape index (κ2) is 6.91. The largest absolute Gasteiger partial charge is 0.396 e. The summed E-state index contributed by atoms with van der Waals surface area (Å²) in [5.74, 6) is 0.195. The van der Waals surface area contributed by atoms with E-state index in [1.807, 2.05) is 6.07 Å². The second-order valence-electron chi connectivity index (χ2n) is 6.08. The SMILES string of the molecule is Cc1ccc(C2=CCN(Cc3ccccc3)CC2CO)cc1. The summed E-state index contributed by atoms with van der Waals surface area (Å²) in [6, 6.07) is 19.1. The third-order valence-corrected chi connectivity index (χ3v) is 4.34. The molecule has 2 heteroatoms. The van der Waals surface area contributed by atoms with Crippen LogP contribution in [0.3, 0.4) is 0 Å². The third kappa shape index (κ3) is 3.46. The minimum Gasteiger partial charge on any atom is -0.396 e. The zero-order valence-electron chi connectivity index (χ0n) is 13.1. The van der Waals surface area contributed by atoms with E-state index in [4.69, 9.17) is 0 Å². The molecule has 22 heavy (non-hydrogen) atoms. The van der Waals surface area contributed by atoms with Gasteiger partial charge in [0.25, 0.3) is 0 Å². The van der Waals surface area contributed by atoms with Crippen LogP contribution in [0.2, 0.25) is 0 Å². The summed E-state index contributed by atoms with van der Waals surface area (Å²) in [6.07, 6.45) is 2.28. The summed E-state index contributed by atoms with van der Waals surface area (Å²) in [5.41, 5.74) is 5.12. The summed E-state index contributed by atoms with van der Waals surface area (Å²) in [6.45, 7) is 5.09. The standard InChI is InChI=1S/C20H23NO/c1-16-7-9-18(10-8-16)20-11-12-21(14-19(20)15-22)13-17-5-3-2-4-6-17/h2-11,19,22H,12-15H2,1H3. The molecule has 0 bridgehead atoms. The topological polar surface area (TPSA) is 23.5 Å². The number of aryl methyl sites for hydroxylation is 1. The van der Waals surface area contributed by atoms with Crippen molar-refractivity contribution in [2.45, 2.75) is 13.5 Å². The van der Waals surface area contributed by atoms with Crippen molar-refractivity contribution in [3.63, 3.8) is 0 Å². The quantitative estimate of drug-likeness (QED) is 0.932. The maximum Gasteiger partial charge on any atom is 0.0512 e. The molecule has 0 fully saturated rings. The first-order valence-electron chi connectivity index (χ1n) is 7.90. The Balaban J connectivity index is 1.75. The number of benzene rings is 2. The third-order valence-electron chi connectivity index (χ3n) is 4.34. The van der Waals surface area contributed by atoms with Gasteiger partial charge < -0.3 is 5.11 Å².